The lowest BCUT2D eigenvalue weighted by molar-refractivity contribution is -0.234. The van der Waals surface area contributed by atoms with Crippen LogP contribution in [0.5, 0.6) is 0 Å². The van der Waals surface area contributed by atoms with E-state index in [1.807, 2.05) is 48.5 Å². The van der Waals surface area contributed by atoms with E-state index in [0.717, 1.165) is 41.5 Å². The molecule has 5 rings (SSSR count). The van der Waals surface area contributed by atoms with E-state index in [-0.39, 0.29) is 30.3 Å². The van der Waals surface area contributed by atoms with Crippen LogP contribution in [0.15, 0.2) is 78.9 Å². The molecule has 1 aliphatic carbocycles. The molecule has 37 heavy (non-hydrogen) atoms. The molecule has 0 unspecified atom stereocenters. The van der Waals surface area contributed by atoms with Crippen molar-refractivity contribution in [3.63, 3.8) is 0 Å². The summed E-state index contributed by atoms with van der Waals surface area (Å²) >= 11 is 6.59. The molecule has 3 aromatic carbocycles. The van der Waals surface area contributed by atoms with Crippen LogP contribution in [0.2, 0.25) is 5.02 Å². The highest BCUT2D eigenvalue weighted by molar-refractivity contribution is 6.31. The van der Waals surface area contributed by atoms with Gasteiger partial charge in [-0.3, -0.25) is 0 Å². The predicted octanol–water partition coefficient (Wildman–Crippen LogP) is 7.55. The molecule has 5 heteroatoms. The minimum Gasteiger partial charge on any atom is -0.370 e. The Kier molecular flexibility index (Phi) is 7.98. The van der Waals surface area contributed by atoms with Gasteiger partial charge in [-0.25, -0.2) is 0 Å². The van der Waals surface area contributed by atoms with Crippen molar-refractivity contribution in [2.45, 2.75) is 76.2 Å². The number of rotatable bonds is 9. The SMILES string of the molecule is CC[C@H]1O[C@@H](c2ccc(Cl)c(C3(C#N)CC3)c2)[C@H](OCc2ccccc2)[C@@H](OCc2ccccc2)[C@@H]1C. The molecule has 3 aromatic rings. The van der Waals surface area contributed by atoms with Crippen LogP contribution in [-0.2, 0) is 32.8 Å². The predicted molar refractivity (Wildman–Crippen MR) is 145 cm³/mol. The fourth-order valence-corrected chi connectivity index (χ4v) is 5.72. The van der Waals surface area contributed by atoms with E-state index in [9.17, 15) is 5.26 Å². The number of hydrogen-bond donors (Lipinski definition) is 0. The summed E-state index contributed by atoms with van der Waals surface area (Å²) in [6.45, 7) is 5.32. The summed E-state index contributed by atoms with van der Waals surface area (Å²) in [5.41, 5.74) is 3.63. The second-order valence-electron chi connectivity index (χ2n) is 10.3. The van der Waals surface area contributed by atoms with Crippen molar-refractivity contribution in [3.8, 4) is 6.07 Å². The van der Waals surface area contributed by atoms with Gasteiger partial charge in [-0.1, -0.05) is 98.2 Å². The maximum absolute atomic E-state index is 9.85. The van der Waals surface area contributed by atoms with E-state index >= 15 is 0 Å². The lowest BCUT2D eigenvalue weighted by atomic mass is 9.83. The van der Waals surface area contributed by atoms with E-state index < -0.39 is 5.41 Å². The number of nitriles is 1. The Balaban J connectivity index is 1.49. The molecular formula is C32H34ClNO3. The van der Waals surface area contributed by atoms with Crippen molar-refractivity contribution in [2.24, 2.45) is 5.92 Å². The van der Waals surface area contributed by atoms with Crippen molar-refractivity contribution < 1.29 is 14.2 Å². The van der Waals surface area contributed by atoms with E-state index in [1.54, 1.807) is 0 Å². The Morgan fingerprint density at radius 1 is 0.919 bits per heavy atom. The van der Waals surface area contributed by atoms with Crippen molar-refractivity contribution in [2.75, 3.05) is 0 Å². The second-order valence-corrected chi connectivity index (χ2v) is 10.7. The van der Waals surface area contributed by atoms with Gasteiger partial charge in [0.15, 0.2) is 0 Å². The Hall–Kier alpha value is -2.68. The molecule has 1 saturated heterocycles. The Morgan fingerprint density at radius 2 is 1.51 bits per heavy atom. The summed E-state index contributed by atoms with van der Waals surface area (Å²) in [6, 6.07) is 28.9. The zero-order valence-corrected chi connectivity index (χ0v) is 22.2. The normalized spacial score (nSPS) is 26.4. The fraction of sp³-hybridized carbons (Fsp3) is 0.406. The maximum atomic E-state index is 9.85. The molecule has 0 bridgehead atoms. The smallest absolute Gasteiger partial charge is 0.115 e. The largest absolute Gasteiger partial charge is 0.370 e. The molecule has 0 radical (unpaired) electrons. The number of hydrogen-bond acceptors (Lipinski definition) is 4. The van der Waals surface area contributed by atoms with Gasteiger partial charge < -0.3 is 14.2 Å². The number of halogens is 1. The van der Waals surface area contributed by atoms with E-state index in [0.29, 0.717) is 18.2 Å². The zero-order valence-electron chi connectivity index (χ0n) is 21.5. The lowest BCUT2D eigenvalue weighted by Gasteiger charge is -2.46. The van der Waals surface area contributed by atoms with Crippen LogP contribution in [0.4, 0.5) is 0 Å². The lowest BCUT2D eigenvalue weighted by Crippen LogP contribution is -2.51. The number of nitrogens with zero attached hydrogens (tertiary/aromatic N) is 1. The Labute approximate surface area is 225 Å². The fourth-order valence-electron chi connectivity index (χ4n) is 5.42. The Morgan fingerprint density at radius 3 is 2.05 bits per heavy atom. The zero-order chi connectivity index (χ0) is 25.8. The van der Waals surface area contributed by atoms with Gasteiger partial charge in [0.05, 0.1) is 36.9 Å². The molecule has 0 aromatic heterocycles. The number of ether oxygens (including phenoxy) is 3. The maximum Gasteiger partial charge on any atom is 0.115 e. The van der Waals surface area contributed by atoms with Crippen molar-refractivity contribution in [1.29, 1.82) is 5.26 Å². The molecule has 2 aliphatic rings. The Bertz CT molecular complexity index is 1220. The van der Waals surface area contributed by atoms with Crippen LogP contribution in [0.3, 0.4) is 0 Å². The molecule has 0 spiro atoms. The molecule has 0 amide bonds. The minimum atomic E-state index is -0.483. The summed E-state index contributed by atoms with van der Waals surface area (Å²) < 4.78 is 20.0. The molecule has 1 saturated carbocycles. The number of benzene rings is 3. The molecule has 0 N–H and O–H groups in total. The quantitative estimate of drug-likeness (QED) is 0.295. The summed E-state index contributed by atoms with van der Waals surface area (Å²) in [6.07, 6.45) is 1.73. The third-order valence-corrected chi connectivity index (χ3v) is 8.15. The molecule has 4 nitrogen and oxygen atoms in total. The van der Waals surface area contributed by atoms with E-state index in [2.05, 4.69) is 50.2 Å². The second kappa shape index (κ2) is 11.4. The van der Waals surface area contributed by atoms with Crippen molar-refractivity contribution in [1.82, 2.24) is 0 Å². The first-order chi connectivity index (χ1) is 18.0. The van der Waals surface area contributed by atoms with Gasteiger partial charge in [-0.15, -0.1) is 0 Å². The summed E-state index contributed by atoms with van der Waals surface area (Å²) in [5, 5.41) is 10.5. The van der Waals surface area contributed by atoms with Gasteiger partial charge in [0.1, 0.15) is 12.2 Å². The first kappa shape index (κ1) is 25.9. The minimum absolute atomic E-state index is 0.0207. The highest BCUT2D eigenvalue weighted by Gasteiger charge is 2.48. The highest BCUT2D eigenvalue weighted by Crippen LogP contribution is 2.51. The van der Waals surface area contributed by atoms with Crippen molar-refractivity contribution in [3.05, 3.63) is 106 Å². The van der Waals surface area contributed by atoms with Gasteiger partial charge in [-0.05, 0) is 47.6 Å². The molecular weight excluding hydrogens is 482 g/mol. The molecule has 2 fully saturated rings. The van der Waals surface area contributed by atoms with Crippen LogP contribution in [-0.4, -0.2) is 18.3 Å². The van der Waals surface area contributed by atoms with Crippen LogP contribution < -0.4 is 0 Å². The average molecular weight is 516 g/mol. The standard InChI is InChI=1S/C32H34ClNO3/c1-3-28-22(2)29(35-19-23-10-6-4-7-11-23)31(36-20-24-12-8-5-9-13-24)30(37-28)25-14-15-27(33)26(18-25)32(21-34)16-17-32/h4-15,18,22,28-31H,3,16-17,19-20H2,1-2H3/t22-,28-,29+,30+,31-/m1/s1. The third kappa shape index (κ3) is 5.61. The summed E-state index contributed by atoms with van der Waals surface area (Å²) in [5.74, 6) is 0.145. The van der Waals surface area contributed by atoms with Gasteiger partial charge in [-0.2, -0.15) is 5.26 Å². The summed E-state index contributed by atoms with van der Waals surface area (Å²) in [4.78, 5) is 0. The van der Waals surface area contributed by atoms with E-state index in [4.69, 9.17) is 25.8 Å². The summed E-state index contributed by atoms with van der Waals surface area (Å²) in [7, 11) is 0. The molecule has 1 aliphatic heterocycles. The molecule has 192 valence electrons. The topological polar surface area (TPSA) is 51.5 Å². The van der Waals surface area contributed by atoms with Crippen LogP contribution in [0.25, 0.3) is 0 Å². The van der Waals surface area contributed by atoms with Gasteiger partial charge in [0.2, 0.25) is 0 Å². The first-order valence-electron chi connectivity index (χ1n) is 13.2. The molecule has 1 heterocycles. The van der Waals surface area contributed by atoms with Crippen LogP contribution in [0, 0.1) is 17.2 Å². The van der Waals surface area contributed by atoms with E-state index in [1.165, 1.54) is 0 Å². The monoisotopic (exact) mass is 515 g/mol. The van der Waals surface area contributed by atoms with Crippen LogP contribution >= 0.6 is 11.6 Å². The van der Waals surface area contributed by atoms with Gasteiger partial charge in [0.25, 0.3) is 0 Å². The third-order valence-electron chi connectivity index (χ3n) is 7.82. The van der Waals surface area contributed by atoms with Gasteiger partial charge >= 0.3 is 0 Å². The van der Waals surface area contributed by atoms with Crippen molar-refractivity contribution >= 4 is 11.6 Å². The molecule has 5 atom stereocenters. The average Bonchev–Trinajstić information content (AvgIpc) is 3.74. The van der Waals surface area contributed by atoms with Crippen LogP contribution in [0.1, 0.15) is 61.5 Å². The van der Waals surface area contributed by atoms with Gasteiger partial charge in [0, 0.05) is 10.9 Å². The first-order valence-corrected chi connectivity index (χ1v) is 13.6. The highest BCUT2D eigenvalue weighted by atomic mass is 35.5.